The second kappa shape index (κ2) is 5.78. The van der Waals surface area contributed by atoms with E-state index in [0.717, 1.165) is 5.69 Å². The largest absolute Gasteiger partial charge is 0.480 e. The molecule has 2 rings (SSSR count). The lowest BCUT2D eigenvalue weighted by atomic mass is 10.1. The third-order valence-electron chi connectivity index (χ3n) is 3.33. The monoisotopic (exact) mass is 298 g/mol. The number of rotatable bonds is 3. The number of aryl methyl sites for hydroxylation is 1. The van der Waals surface area contributed by atoms with Crippen LogP contribution in [0, 0.1) is 6.92 Å². The van der Waals surface area contributed by atoms with Gasteiger partial charge in [-0.15, -0.1) is 0 Å². The van der Waals surface area contributed by atoms with Crippen molar-refractivity contribution in [2.45, 2.75) is 25.8 Å². The van der Waals surface area contributed by atoms with Crippen LogP contribution in [0.2, 0.25) is 0 Å². The molecule has 0 saturated carbocycles. The minimum absolute atomic E-state index is 0.114. The molecule has 0 radical (unpaired) electrons. The molecule has 1 aromatic heterocycles. The molecule has 1 N–H and O–H groups in total. The Morgan fingerprint density at radius 3 is 2.60 bits per heavy atom. The van der Waals surface area contributed by atoms with E-state index >= 15 is 0 Å². The number of sulfone groups is 1. The number of hydrogen-bond acceptors (Lipinski definition) is 5. The maximum atomic E-state index is 12.2. The number of carbonyl (C=O) groups is 1. The molecule has 0 spiro atoms. The molecule has 1 amide bonds. The Morgan fingerprint density at radius 1 is 1.35 bits per heavy atom. The van der Waals surface area contributed by atoms with E-state index in [2.05, 4.69) is 10.3 Å². The normalized spacial score (nSPS) is 18.5. The lowest BCUT2D eigenvalue weighted by Crippen LogP contribution is -2.41. The van der Waals surface area contributed by atoms with Crippen LogP contribution in [0.3, 0.4) is 0 Å². The molecule has 1 aliphatic rings. The molecule has 0 aliphatic carbocycles. The summed E-state index contributed by atoms with van der Waals surface area (Å²) in [6.07, 6.45) is 0.908. The second-order valence-corrected chi connectivity index (χ2v) is 7.21. The van der Waals surface area contributed by atoms with Crippen molar-refractivity contribution in [1.82, 2.24) is 10.3 Å². The van der Waals surface area contributed by atoms with Gasteiger partial charge >= 0.3 is 0 Å². The summed E-state index contributed by atoms with van der Waals surface area (Å²) in [5, 5.41) is 2.84. The van der Waals surface area contributed by atoms with Crippen LogP contribution in [0.5, 0.6) is 5.88 Å². The molecule has 1 saturated heterocycles. The molecule has 6 nitrogen and oxygen atoms in total. The number of nitrogens with one attached hydrogen (secondary N) is 1. The Morgan fingerprint density at radius 2 is 2.00 bits per heavy atom. The lowest BCUT2D eigenvalue weighted by molar-refractivity contribution is 0.0930. The predicted molar refractivity (Wildman–Crippen MR) is 74.7 cm³/mol. The highest BCUT2D eigenvalue weighted by atomic mass is 32.2. The Bertz CT molecular complexity index is 599. The first-order valence-corrected chi connectivity index (χ1v) is 8.26. The molecule has 0 bridgehead atoms. The van der Waals surface area contributed by atoms with Gasteiger partial charge in [0.2, 0.25) is 5.88 Å². The molecule has 0 aromatic carbocycles. The highest BCUT2D eigenvalue weighted by molar-refractivity contribution is 7.91. The van der Waals surface area contributed by atoms with Gasteiger partial charge in [-0.3, -0.25) is 4.79 Å². The van der Waals surface area contributed by atoms with Crippen molar-refractivity contribution in [3.8, 4) is 5.88 Å². The van der Waals surface area contributed by atoms with E-state index < -0.39 is 9.84 Å². The SMILES string of the molecule is COc1nc(C)ccc1C(=O)NC1CCS(=O)(=O)CC1. The predicted octanol–water partition coefficient (Wildman–Crippen LogP) is 0.706. The van der Waals surface area contributed by atoms with Crippen LogP contribution < -0.4 is 10.1 Å². The summed E-state index contributed by atoms with van der Waals surface area (Å²) in [7, 11) is -1.46. The van der Waals surface area contributed by atoms with Crippen LogP contribution in [-0.2, 0) is 9.84 Å². The van der Waals surface area contributed by atoms with E-state index in [1.54, 1.807) is 12.1 Å². The number of ether oxygens (including phenoxy) is 1. The number of carbonyl (C=O) groups excluding carboxylic acids is 1. The van der Waals surface area contributed by atoms with Gasteiger partial charge in [0.1, 0.15) is 15.4 Å². The Kier molecular flexibility index (Phi) is 4.27. The fraction of sp³-hybridized carbons (Fsp3) is 0.538. The number of aromatic nitrogens is 1. The highest BCUT2D eigenvalue weighted by Crippen LogP contribution is 2.17. The number of methoxy groups -OCH3 is 1. The van der Waals surface area contributed by atoms with Crippen molar-refractivity contribution in [2.24, 2.45) is 0 Å². The van der Waals surface area contributed by atoms with Gasteiger partial charge in [0.25, 0.3) is 5.91 Å². The molecule has 20 heavy (non-hydrogen) atoms. The van der Waals surface area contributed by atoms with Crippen molar-refractivity contribution >= 4 is 15.7 Å². The van der Waals surface area contributed by atoms with E-state index in [4.69, 9.17) is 4.74 Å². The van der Waals surface area contributed by atoms with Crippen LogP contribution >= 0.6 is 0 Å². The molecule has 7 heteroatoms. The summed E-state index contributed by atoms with van der Waals surface area (Å²) in [5.41, 5.74) is 1.13. The number of pyridine rings is 1. The average Bonchev–Trinajstić information content (AvgIpc) is 2.40. The molecule has 1 aromatic rings. The molecular formula is C13H18N2O4S. The van der Waals surface area contributed by atoms with Crippen LogP contribution in [0.4, 0.5) is 0 Å². The van der Waals surface area contributed by atoms with E-state index in [1.165, 1.54) is 7.11 Å². The number of hydrogen-bond donors (Lipinski definition) is 1. The van der Waals surface area contributed by atoms with Crippen molar-refractivity contribution in [3.05, 3.63) is 23.4 Å². The number of nitrogens with zero attached hydrogens (tertiary/aromatic N) is 1. The first-order valence-electron chi connectivity index (χ1n) is 6.44. The minimum atomic E-state index is -2.92. The van der Waals surface area contributed by atoms with Gasteiger partial charge in [0, 0.05) is 11.7 Å². The van der Waals surface area contributed by atoms with Crippen molar-refractivity contribution < 1.29 is 17.9 Å². The molecule has 2 heterocycles. The standard InChI is InChI=1S/C13H18N2O4S/c1-9-3-4-11(13(14-9)19-2)12(16)15-10-5-7-20(17,18)8-6-10/h3-4,10H,5-8H2,1-2H3,(H,15,16). The third-order valence-corrected chi connectivity index (χ3v) is 5.04. The zero-order valence-corrected chi connectivity index (χ0v) is 12.4. The van der Waals surface area contributed by atoms with Crippen LogP contribution in [0.25, 0.3) is 0 Å². The number of amides is 1. The fourth-order valence-electron chi connectivity index (χ4n) is 2.16. The van der Waals surface area contributed by atoms with E-state index in [1.807, 2.05) is 6.92 Å². The van der Waals surface area contributed by atoms with Crippen LogP contribution in [-0.4, -0.2) is 44.0 Å². The van der Waals surface area contributed by atoms with Gasteiger partial charge in [-0.1, -0.05) is 0 Å². The summed E-state index contributed by atoms with van der Waals surface area (Å²) < 4.78 is 27.8. The molecule has 110 valence electrons. The van der Waals surface area contributed by atoms with Crippen LogP contribution in [0.15, 0.2) is 12.1 Å². The zero-order valence-electron chi connectivity index (χ0n) is 11.5. The van der Waals surface area contributed by atoms with Crippen molar-refractivity contribution in [1.29, 1.82) is 0 Å². The van der Waals surface area contributed by atoms with Gasteiger partial charge < -0.3 is 10.1 Å². The van der Waals surface area contributed by atoms with Gasteiger partial charge in [-0.2, -0.15) is 0 Å². The third kappa shape index (κ3) is 3.47. The maximum absolute atomic E-state index is 12.2. The quantitative estimate of drug-likeness (QED) is 0.888. The smallest absolute Gasteiger partial charge is 0.256 e. The van der Waals surface area contributed by atoms with Crippen LogP contribution in [0.1, 0.15) is 28.9 Å². The average molecular weight is 298 g/mol. The Labute approximate surface area is 118 Å². The lowest BCUT2D eigenvalue weighted by Gasteiger charge is -2.23. The molecule has 1 aliphatic heterocycles. The summed E-state index contributed by atoms with van der Waals surface area (Å²) >= 11 is 0. The van der Waals surface area contributed by atoms with Crippen molar-refractivity contribution in [3.63, 3.8) is 0 Å². The van der Waals surface area contributed by atoms with E-state index in [9.17, 15) is 13.2 Å². The summed E-state index contributed by atoms with van der Waals surface area (Å²) in [6, 6.07) is 3.29. The second-order valence-electron chi connectivity index (χ2n) is 4.91. The molecule has 0 atom stereocenters. The molecule has 1 fully saturated rings. The first kappa shape index (κ1) is 14.8. The van der Waals surface area contributed by atoms with Gasteiger partial charge in [-0.25, -0.2) is 13.4 Å². The zero-order chi connectivity index (χ0) is 14.8. The summed E-state index contributed by atoms with van der Waals surface area (Å²) in [6.45, 7) is 1.82. The Hall–Kier alpha value is -1.63. The van der Waals surface area contributed by atoms with E-state index in [-0.39, 0.29) is 29.3 Å². The minimum Gasteiger partial charge on any atom is -0.480 e. The summed E-state index contributed by atoms with van der Waals surface area (Å²) in [5.74, 6) is 0.257. The molecular weight excluding hydrogens is 280 g/mol. The topological polar surface area (TPSA) is 85.4 Å². The van der Waals surface area contributed by atoms with Crippen molar-refractivity contribution in [2.75, 3.05) is 18.6 Å². The van der Waals surface area contributed by atoms with Gasteiger partial charge in [0.05, 0.1) is 18.6 Å². The van der Waals surface area contributed by atoms with E-state index in [0.29, 0.717) is 18.4 Å². The molecule has 0 unspecified atom stereocenters. The highest BCUT2D eigenvalue weighted by Gasteiger charge is 2.25. The van der Waals surface area contributed by atoms with Gasteiger partial charge in [0.15, 0.2) is 0 Å². The summed E-state index contributed by atoms with van der Waals surface area (Å²) in [4.78, 5) is 16.3. The first-order chi connectivity index (χ1) is 9.41. The fourth-order valence-corrected chi connectivity index (χ4v) is 3.65. The van der Waals surface area contributed by atoms with Gasteiger partial charge in [-0.05, 0) is 31.9 Å². The Balaban J connectivity index is 2.06. The maximum Gasteiger partial charge on any atom is 0.256 e.